The smallest absolute Gasteiger partial charge is 0.252 e. The minimum atomic E-state index is -0.399. The van der Waals surface area contributed by atoms with Gasteiger partial charge in [0, 0.05) is 41.9 Å². The van der Waals surface area contributed by atoms with Crippen molar-refractivity contribution in [2.45, 2.75) is 26.8 Å². The Morgan fingerprint density at radius 2 is 1.97 bits per heavy atom. The van der Waals surface area contributed by atoms with E-state index < -0.39 is 5.83 Å². The molecule has 34 heavy (non-hydrogen) atoms. The number of ether oxygens (including phenoxy) is 1. The van der Waals surface area contributed by atoms with Gasteiger partial charge in [-0.25, -0.2) is 4.39 Å². The Hall–Kier alpha value is -3.36. The van der Waals surface area contributed by atoms with Crippen molar-refractivity contribution in [3.8, 4) is 11.1 Å². The molecule has 2 atom stereocenters. The van der Waals surface area contributed by atoms with E-state index in [0.717, 1.165) is 22.4 Å². The number of hydrogen-bond acceptors (Lipinski definition) is 6. The number of morpholine rings is 1. The Morgan fingerprint density at radius 1 is 1.26 bits per heavy atom. The third-order valence-electron chi connectivity index (χ3n) is 6.46. The fourth-order valence-corrected chi connectivity index (χ4v) is 4.43. The van der Waals surface area contributed by atoms with E-state index in [-0.39, 0.29) is 17.9 Å². The first-order valence-electron chi connectivity index (χ1n) is 11.4. The maximum Gasteiger partial charge on any atom is 0.252 e. The number of hydrogen-bond donors (Lipinski definition) is 2. The second-order valence-corrected chi connectivity index (χ2v) is 8.65. The summed E-state index contributed by atoms with van der Waals surface area (Å²) in [4.78, 5) is 19.8. The number of halogens is 1. The lowest BCUT2D eigenvalue weighted by atomic mass is 9.86. The molecule has 1 amide bonds. The zero-order valence-corrected chi connectivity index (χ0v) is 19.6. The molecule has 0 saturated carbocycles. The third kappa shape index (κ3) is 5.08. The molecule has 0 bridgehead atoms. The zero-order chi connectivity index (χ0) is 24.2. The van der Waals surface area contributed by atoms with Crippen molar-refractivity contribution in [1.82, 2.24) is 9.88 Å². The van der Waals surface area contributed by atoms with Gasteiger partial charge in [-0.2, -0.15) is 0 Å². The van der Waals surface area contributed by atoms with Crippen LogP contribution in [0.1, 0.15) is 25.1 Å². The number of carbonyl (C=O) groups excluding carboxylic acids is 1. The van der Waals surface area contributed by atoms with Crippen LogP contribution in [-0.2, 0) is 9.53 Å². The van der Waals surface area contributed by atoms with E-state index in [9.17, 15) is 9.18 Å². The largest absolute Gasteiger partial charge is 0.411 e. The SMILES string of the molecule is C/C(=N\O)c1ccc(-c2cc(NC(=O)C3=CC(F)=CC(N4CCOCC4)C3C)cnc2C)cc1. The number of oxime groups is 1. The molecule has 8 heteroatoms. The molecule has 1 aromatic carbocycles. The molecular weight excluding hydrogens is 435 g/mol. The van der Waals surface area contributed by atoms with E-state index in [1.807, 2.05) is 44.2 Å². The number of nitrogens with one attached hydrogen (secondary N) is 1. The van der Waals surface area contributed by atoms with E-state index in [1.165, 1.54) is 6.08 Å². The first kappa shape index (κ1) is 23.8. The molecular formula is C26H29FN4O3. The van der Waals surface area contributed by atoms with Gasteiger partial charge in [-0.1, -0.05) is 36.3 Å². The normalized spacial score (nSPS) is 21.6. The molecule has 1 saturated heterocycles. The van der Waals surface area contributed by atoms with Gasteiger partial charge in [0.15, 0.2) is 0 Å². The van der Waals surface area contributed by atoms with Crippen LogP contribution in [0.15, 0.2) is 65.2 Å². The number of rotatable bonds is 5. The van der Waals surface area contributed by atoms with E-state index >= 15 is 0 Å². The van der Waals surface area contributed by atoms with Crippen molar-refractivity contribution in [2.24, 2.45) is 11.1 Å². The Labute approximate surface area is 198 Å². The molecule has 2 aromatic rings. The predicted molar refractivity (Wildman–Crippen MR) is 130 cm³/mol. The molecule has 1 fully saturated rings. The lowest BCUT2D eigenvalue weighted by molar-refractivity contribution is -0.113. The molecule has 2 aliphatic rings. The fraction of sp³-hybridized carbons (Fsp3) is 0.346. The van der Waals surface area contributed by atoms with Crippen LogP contribution < -0.4 is 5.32 Å². The van der Waals surface area contributed by atoms with Crippen LogP contribution in [0.4, 0.5) is 10.1 Å². The lowest BCUT2D eigenvalue weighted by Gasteiger charge is -2.38. The minimum absolute atomic E-state index is 0.167. The summed E-state index contributed by atoms with van der Waals surface area (Å²) in [6, 6.07) is 9.24. The van der Waals surface area contributed by atoms with Crippen LogP contribution in [0.2, 0.25) is 0 Å². The summed E-state index contributed by atoms with van der Waals surface area (Å²) in [6.45, 7) is 8.20. The van der Waals surface area contributed by atoms with Crippen LogP contribution in [0.3, 0.4) is 0 Å². The monoisotopic (exact) mass is 464 g/mol. The number of aryl methyl sites for hydroxylation is 1. The molecule has 2 heterocycles. The predicted octanol–water partition coefficient (Wildman–Crippen LogP) is 4.32. The number of aromatic nitrogens is 1. The molecule has 2 unspecified atom stereocenters. The first-order chi connectivity index (χ1) is 16.4. The summed E-state index contributed by atoms with van der Waals surface area (Å²) in [5, 5.41) is 15.1. The number of pyridine rings is 1. The van der Waals surface area contributed by atoms with Gasteiger partial charge < -0.3 is 15.3 Å². The zero-order valence-electron chi connectivity index (χ0n) is 19.6. The highest BCUT2D eigenvalue weighted by molar-refractivity contribution is 6.05. The lowest BCUT2D eigenvalue weighted by Crippen LogP contribution is -2.47. The fourth-order valence-electron chi connectivity index (χ4n) is 4.43. The van der Waals surface area contributed by atoms with Crippen molar-refractivity contribution in [1.29, 1.82) is 0 Å². The number of carbonyl (C=O) groups is 1. The highest BCUT2D eigenvalue weighted by Crippen LogP contribution is 2.31. The molecule has 0 spiro atoms. The van der Waals surface area contributed by atoms with E-state index in [0.29, 0.717) is 43.3 Å². The van der Waals surface area contributed by atoms with Crippen molar-refractivity contribution in [3.05, 3.63) is 71.3 Å². The Kier molecular flexibility index (Phi) is 7.19. The highest BCUT2D eigenvalue weighted by atomic mass is 19.1. The van der Waals surface area contributed by atoms with Gasteiger partial charge >= 0.3 is 0 Å². The van der Waals surface area contributed by atoms with Crippen molar-refractivity contribution < 1.29 is 19.1 Å². The van der Waals surface area contributed by atoms with E-state index in [2.05, 4.69) is 20.4 Å². The van der Waals surface area contributed by atoms with Gasteiger partial charge in [-0.15, -0.1) is 0 Å². The summed E-state index contributed by atoms with van der Waals surface area (Å²) in [5.41, 5.74) is 4.87. The molecule has 4 rings (SSSR count). The van der Waals surface area contributed by atoms with Gasteiger partial charge in [-0.05, 0) is 43.2 Å². The van der Waals surface area contributed by atoms with Crippen LogP contribution in [0.5, 0.6) is 0 Å². The highest BCUT2D eigenvalue weighted by Gasteiger charge is 2.33. The molecule has 1 aliphatic heterocycles. The quantitative estimate of drug-likeness (QED) is 0.391. The Balaban J connectivity index is 1.53. The average Bonchev–Trinajstić information content (AvgIpc) is 2.86. The summed E-state index contributed by atoms with van der Waals surface area (Å²) in [7, 11) is 0. The Bertz CT molecular complexity index is 1150. The van der Waals surface area contributed by atoms with Crippen LogP contribution in [0.25, 0.3) is 11.1 Å². The maximum atomic E-state index is 14.5. The number of allylic oxidation sites excluding steroid dienone is 2. The van der Waals surface area contributed by atoms with Gasteiger partial charge in [-0.3, -0.25) is 14.7 Å². The number of benzene rings is 1. The first-order valence-corrected chi connectivity index (χ1v) is 11.4. The average molecular weight is 465 g/mol. The third-order valence-corrected chi connectivity index (χ3v) is 6.46. The summed E-state index contributed by atoms with van der Waals surface area (Å²) < 4.78 is 19.9. The molecule has 1 aromatic heterocycles. The molecule has 0 radical (unpaired) electrons. The minimum Gasteiger partial charge on any atom is -0.411 e. The number of anilines is 1. The number of nitrogens with zero attached hydrogens (tertiary/aromatic N) is 3. The summed E-state index contributed by atoms with van der Waals surface area (Å²) >= 11 is 0. The Morgan fingerprint density at radius 3 is 2.65 bits per heavy atom. The second-order valence-electron chi connectivity index (χ2n) is 8.65. The molecule has 7 nitrogen and oxygen atoms in total. The standard InChI is InChI=1S/C26H29FN4O3/c1-16-23(12-21(27)13-25(16)31-8-10-34-11-9-31)26(32)29-22-14-24(18(3)28-15-22)20-6-4-19(5-7-20)17(2)30-33/h4-7,12-16,25,33H,8-11H2,1-3H3,(H,29,32)/b30-17+. The van der Waals surface area contributed by atoms with Gasteiger partial charge in [0.05, 0.1) is 30.8 Å². The molecule has 1 aliphatic carbocycles. The molecule has 2 N–H and O–H groups in total. The van der Waals surface area contributed by atoms with E-state index in [1.54, 1.807) is 19.2 Å². The van der Waals surface area contributed by atoms with Crippen LogP contribution in [0, 0.1) is 12.8 Å². The van der Waals surface area contributed by atoms with Gasteiger partial charge in [0.25, 0.3) is 5.91 Å². The van der Waals surface area contributed by atoms with Crippen molar-refractivity contribution in [3.63, 3.8) is 0 Å². The maximum absolute atomic E-state index is 14.5. The topological polar surface area (TPSA) is 87.1 Å². The summed E-state index contributed by atoms with van der Waals surface area (Å²) in [6.07, 6.45) is 4.52. The van der Waals surface area contributed by atoms with Gasteiger partial charge in [0.1, 0.15) is 5.83 Å². The van der Waals surface area contributed by atoms with Crippen LogP contribution in [-0.4, -0.2) is 59.1 Å². The van der Waals surface area contributed by atoms with Gasteiger partial charge in [0.2, 0.25) is 0 Å². The van der Waals surface area contributed by atoms with Crippen molar-refractivity contribution >= 4 is 17.3 Å². The van der Waals surface area contributed by atoms with Crippen molar-refractivity contribution in [2.75, 3.05) is 31.6 Å². The second kappa shape index (κ2) is 10.3. The molecule has 178 valence electrons. The van der Waals surface area contributed by atoms with Crippen LogP contribution >= 0.6 is 0 Å². The van der Waals surface area contributed by atoms with E-state index in [4.69, 9.17) is 9.94 Å². The summed E-state index contributed by atoms with van der Waals surface area (Å²) in [5.74, 6) is -0.903. The number of amides is 1.